The van der Waals surface area contributed by atoms with E-state index in [1.54, 1.807) is 0 Å². The first-order chi connectivity index (χ1) is 8.74. The minimum atomic E-state index is -4.53. The smallest absolute Gasteiger partial charge is 0.296 e. The largest absolute Gasteiger partial charge is 0.744 e. The van der Waals surface area contributed by atoms with E-state index < -0.39 is 20.2 Å². The Bertz CT molecular complexity index is 837. The predicted molar refractivity (Wildman–Crippen MR) is 66.1 cm³/mol. The van der Waals surface area contributed by atoms with Crippen LogP contribution in [0.3, 0.4) is 0 Å². The van der Waals surface area contributed by atoms with E-state index in [0.29, 0.717) is 10.8 Å². The molecule has 0 radical (unpaired) electrons. The Morgan fingerprint density at radius 1 is 0.895 bits per heavy atom. The van der Waals surface area contributed by atoms with Crippen LogP contribution in [-0.2, 0) is 24.4 Å². The van der Waals surface area contributed by atoms with Crippen molar-refractivity contribution in [3.05, 3.63) is 36.4 Å². The van der Waals surface area contributed by atoms with Gasteiger partial charge in [-0.15, -0.1) is 0 Å². The van der Waals surface area contributed by atoms with Crippen LogP contribution in [0.2, 0.25) is 0 Å². The fourth-order valence-corrected chi connectivity index (χ4v) is 2.81. The number of hydrogen-bond acceptors (Lipinski definition) is 6. The van der Waals surface area contributed by atoms with E-state index in [-0.39, 0.29) is 9.79 Å². The number of fused-ring (bicyclic) bond motifs is 1. The molecule has 6 nitrogen and oxygen atoms in total. The summed E-state index contributed by atoms with van der Waals surface area (Å²) in [7, 11) is -7.29. The summed E-state index contributed by atoms with van der Waals surface area (Å²) < 4.78 is 60.0. The number of benzene rings is 2. The normalized spacial score (nSPS) is 12.7. The summed E-state index contributed by atoms with van der Waals surface area (Å²) >= 11 is 0. The predicted octanol–water partition coefficient (Wildman–Crippen LogP) is 1.08. The lowest BCUT2D eigenvalue weighted by Gasteiger charge is -2.09. The van der Waals surface area contributed by atoms with Crippen molar-refractivity contribution >= 4 is 31.0 Å². The maximum absolute atomic E-state index is 11.5. The molecular weight excluding hydrogens is 292 g/mol. The molecule has 0 spiro atoms. The Balaban J connectivity index is 2.66. The van der Waals surface area contributed by atoms with Crippen molar-refractivity contribution in [2.24, 2.45) is 0 Å². The highest BCUT2D eigenvalue weighted by Gasteiger charge is 2.13. The van der Waals surface area contributed by atoms with Gasteiger partial charge in [-0.25, -0.2) is 8.42 Å². The molecule has 0 unspecified atom stereocenters. The monoisotopic (exact) mass is 301 g/mol. The first-order valence-corrected chi connectivity index (χ1v) is 7.86. The lowest BCUT2D eigenvalue weighted by molar-refractivity contribution is 0.398. The van der Waals surface area contributed by atoms with Gasteiger partial charge in [-0.05, 0) is 35.0 Å². The minimum absolute atomic E-state index is 0.0415. The molecule has 0 aliphatic heterocycles. The summed E-state index contributed by atoms with van der Waals surface area (Å²) in [6, 6.07) is 7.73. The highest BCUT2D eigenvalue weighted by Crippen LogP contribution is 2.23. The molecular formula is C11H9O6S2-. The van der Waals surface area contributed by atoms with Crippen molar-refractivity contribution < 1.29 is 25.6 Å². The molecule has 0 aliphatic rings. The molecule has 2 aromatic rings. The Kier molecular flexibility index (Phi) is 3.35. The van der Waals surface area contributed by atoms with E-state index >= 15 is 0 Å². The van der Waals surface area contributed by atoms with Crippen molar-refractivity contribution in [3.8, 4) is 0 Å². The summed E-state index contributed by atoms with van der Waals surface area (Å²) in [6.07, 6.45) is 0. The van der Waals surface area contributed by atoms with Gasteiger partial charge in [0, 0.05) is 0 Å². The fourth-order valence-electron chi connectivity index (χ4n) is 1.61. The van der Waals surface area contributed by atoms with Gasteiger partial charge >= 0.3 is 0 Å². The summed E-state index contributed by atoms with van der Waals surface area (Å²) in [5.41, 5.74) is 0. The SMILES string of the molecule is COS(=O)(=O)c1ccc2cc(S(=O)(=O)[O-])ccc2c1. The van der Waals surface area contributed by atoms with Crippen LogP contribution < -0.4 is 0 Å². The van der Waals surface area contributed by atoms with E-state index in [4.69, 9.17) is 0 Å². The van der Waals surface area contributed by atoms with Crippen LogP contribution in [0.15, 0.2) is 46.2 Å². The molecule has 0 bridgehead atoms. The first-order valence-electron chi connectivity index (χ1n) is 5.04. The zero-order valence-corrected chi connectivity index (χ0v) is 11.4. The molecule has 0 saturated carbocycles. The van der Waals surface area contributed by atoms with Crippen LogP contribution in [0, 0.1) is 0 Å². The molecule has 0 fully saturated rings. The second-order valence-electron chi connectivity index (χ2n) is 3.75. The third-order valence-corrected chi connectivity index (χ3v) is 4.68. The summed E-state index contributed by atoms with van der Waals surface area (Å²) in [5.74, 6) is 0. The highest BCUT2D eigenvalue weighted by atomic mass is 32.2. The lowest BCUT2D eigenvalue weighted by Crippen LogP contribution is -2.02. The molecule has 2 aromatic carbocycles. The van der Waals surface area contributed by atoms with Gasteiger partial charge in [0.2, 0.25) is 0 Å². The third-order valence-electron chi connectivity index (χ3n) is 2.58. The molecule has 0 atom stereocenters. The Morgan fingerprint density at radius 3 is 1.84 bits per heavy atom. The van der Waals surface area contributed by atoms with Crippen molar-refractivity contribution in [2.75, 3.05) is 7.11 Å². The van der Waals surface area contributed by atoms with Gasteiger partial charge in [-0.1, -0.05) is 12.1 Å². The van der Waals surface area contributed by atoms with Crippen molar-refractivity contribution in [1.82, 2.24) is 0 Å². The molecule has 0 saturated heterocycles. The molecule has 102 valence electrons. The van der Waals surface area contributed by atoms with Crippen LogP contribution in [0.4, 0.5) is 0 Å². The summed E-state index contributed by atoms with van der Waals surface area (Å²) in [5, 5.41) is 0.942. The maximum Gasteiger partial charge on any atom is 0.296 e. The van der Waals surface area contributed by atoms with E-state index in [1.807, 2.05) is 0 Å². The molecule has 19 heavy (non-hydrogen) atoms. The van der Waals surface area contributed by atoms with Crippen molar-refractivity contribution in [1.29, 1.82) is 0 Å². The fraction of sp³-hybridized carbons (Fsp3) is 0.0909. The van der Waals surface area contributed by atoms with E-state index in [9.17, 15) is 21.4 Å². The van der Waals surface area contributed by atoms with Gasteiger partial charge in [0.25, 0.3) is 10.1 Å². The quantitative estimate of drug-likeness (QED) is 0.621. The van der Waals surface area contributed by atoms with Crippen LogP contribution in [0.25, 0.3) is 10.8 Å². The number of rotatable bonds is 3. The summed E-state index contributed by atoms with van der Waals surface area (Å²) in [6.45, 7) is 0. The van der Waals surface area contributed by atoms with Gasteiger partial charge in [-0.2, -0.15) is 8.42 Å². The molecule has 0 N–H and O–H groups in total. The molecule has 0 aliphatic carbocycles. The van der Waals surface area contributed by atoms with Crippen molar-refractivity contribution in [3.63, 3.8) is 0 Å². The maximum atomic E-state index is 11.5. The second-order valence-corrected chi connectivity index (χ2v) is 6.84. The second kappa shape index (κ2) is 4.57. The van der Waals surface area contributed by atoms with Crippen molar-refractivity contribution in [2.45, 2.75) is 9.79 Å². The molecule has 0 amide bonds. The van der Waals surface area contributed by atoms with Crippen LogP contribution in [0.1, 0.15) is 0 Å². The average Bonchev–Trinajstić information content (AvgIpc) is 2.36. The first kappa shape index (κ1) is 13.9. The van der Waals surface area contributed by atoms with Crippen LogP contribution in [0.5, 0.6) is 0 Å². The molecule has 2 rings (SSSR count). The van der Waals surface area contributed by atoms with Gasteiger partial charge in [0.15, 0.2) is 0 Å². The lowest BCUT2D eigenvalue weighted by atomic mass is 10.1. The highest BCUT2D eigenvalue weighted by molar-refractivity contribution is 7.86. The molecule has 0 aromatic heterocycles. The zero-order chi connectivity index (χ0) is 14.3. The minimum Gasteiger partial charge on any atom is -0.744 e. The van der Waals surface area contributed by atoms with Gasteiger partial charge in [0.1, 0.15) is 10.1 Å². The Hall–Kier alpha value is -1.48. The number of hydrogen-bond donors (Lipinski definition) is 0. The molecule has 0 heterocycles. The summed E-state index contributed by atoms with van der Waals surface area (Å²) in [4.78, 5) is -0.400. The van der Waals surface area contributed by atoms with Gasteiger partial charge in [-0.3, -0.25) is 4.18 Å². The third kappa shape index (κ3) is 2.76. The van der Waals surface area contributed by atoms with Crippen LogP contribution >= 0.6 is 0 Å². The topological polar surface area (TPSA) is 101 Å². The van der Waals surface area contributed by atoms with E-state index in [0.717, 1.165) is 13.2 Å². The average molecular weight is 301 g/mol. The van der Waals surface area contributed by atoms with E-state index in [2.05, 4.69) is 4.18 Å². The van der Waals surface area contributed by atoms with Gasteiger partial charge in [0.05, 0.1) is 16.9 Å². The van der Waals surface area contributed by atoms with Crippen LogP contribution in [-0.4, -0.2) is 28.5 Å². The zero-order valence-electron chi connectivity index (χ0n) is 9.73. The standard InChI is InChI=1S/C11H10O6S2/c1-17-19(15,16)11-5-3-8-6-10(18(12,13)14)4-2-9(8)7-11/h2-7H,1H3,(H,12,13,14)/p-1. The Labute approximate surface area is 110 Å². The Morgan fingerprint density at radius 2 is 1.37 bits per heavy atom. The van der Waals surface area contributed by atoms with E-state index in [1.165, 1.54) is 30.3 Å². The van der Waals surface area contributed by atoms with Gasteiger partial charge < -0.3 is 4.55 Å². The molecule has 8 heteroatoms.